The summed E-state index contributed by atoms with van der Waals surface area (Å²) < 4.78 is 0. The summed E-state index contributed by atoms with van der Waals surface area (Å²) in [4.78, 5) is 37.7. The van der Waals surface area contributed by atoms with Crippen molar-refractivity contribution in [2.45, 2.75) is 51.0 Å². The number of nitrogens with one attached hydrogen (secondary N) is 1. The van der Waals surface area contributed by atoms with Crippen molar-refractivity contribution in [1.29, 1.82) is 0 Å². The third-order valence-electron chi connectivity index (χ3n) is 5.82. The Kier molecular flexibility index (Phi) is 6.48. The van der Waals surface area contributed by atoms with E-state index >= 15 is 0 Å². The van der Waals surface area contributed by atoms with Gasteiger partial charge in [-0.3, -0.25) is 14.4 Å². The van der Waals surface area contributed by atoms with Gasteiger partial charge in [0.2, 0.25) is 11.8 Å². The zero-order valence-corrected chi connectivity index (χ0v) is 15.6. The summed E-state index contributed by atoms with van der Waals surface area (Å²) in [7, 11) is 0. The summed E-state index contributed by atoms with van der Waals surface area (Å²) in [5.74, 6) is -1.01. The van der Waals surface area contributed by atoms with E-state index in [4.69, 9.17) is 5.11 Å². The van der Waals surface area contributed by atoms with Gasteiger partial charge in [0.1, 0.15) is 0 Å². The number of benzene rings is 1. The first-order valence-corrected chi connectivity index (χ1v) is 9.88. The molecule has 0 bridgehead atoms. The zero-order chi connectivity index (χ0) is 19.2. The normalized spacial score (nSPS) is 23.2. The Balaban J connectivity index is 1.38. The molecule has 2 atom stereocenters. The Hall–Kier alpha value is -2.37. The van der Waals surface area contributed by atoms with E-state index in [1.807, 2.05) is 35.2 Å². The quantitative estimate of drug-likeness (QED) is 0.802. The minimum absolute atomic E-state index is 0.0161. The summed E-state index contributed by atoms with van der Waals surface area (Å²) in [5.41, 5.74) is 1.16. The van der Waals surface area contributed by atoms with Crippen LogP contribution in [0.3, 0.4) is 0 Å². The van der Waals surface area contributed by atoms with Gasteiger partial charge >= 0.3 is 5.97 Å². The molecule has 2 N–H and O–H groups in total. The van der Waals surface area contributed by atoms with E-state index in [0.29, 0.717) is 45.2 Å². The van der Waals surface area contributed by atoms with Crippen LogP contribution in [0.1, 0.15) is 44.1 Å². The van der Waals surface area contributed by atoms with Crippen molar-refractivity contribution < 1.29 is 19.5 Å². The number of carboxylic acid groups (broad SMARTS) is 1. The van der Waals surface area contributed by atoms with Gasteiger partial charge < -0.3 is 15.3 Å². The smallest absolute Gasteiger partial charge is 0.306 e. The second kappa shape index (κ2) is 9.02. The van der Waals surface area contributed by atoms with E-state index in [1.165, 1.54) is 0 Å². The van der Waals surface area contributed by atoms with Crippen LogP contribution < -0.4 is 5.32 Å². The number of amides is 2. The molecule has 2 amide bonds. The third-order valence-corrected chi connectivity index (χ3v) is 5.82. The lowest BCUT2D eigenvalue weighted by atomic mass is 9.95. The van der Waals surface area contributed by atoms with E-state index in [0.717, 1.165) is 18.4 Å². The summed E-state index contributed by atoms with van der Waals surface area (Å²) in [5, 5.41) is 12.1. The molecule has 146 valence electrons. The van der Waals surface area contributed by atoms with Crippen LogP contribution in [0, 0.1) is 11.8 Å². The molecule has 1 heterocycles. The monoisotopic (exact) mass is 372 g/mol. The number of hydrogen-bond acceptors (Lipinski definition) is 3. The zero-order valence-electron chi connectivity index (χ0n) is 15.6. The van der Waals surface area contributed by atoms with Crippen molar-refractivity contribution >= 4 is 17.8 Å². The number of nitrogens with zero attached hydrogens (tertiary/aromatic N) is 1. The Morgan fingerprint density at radius 1 is 1.00 bits per heavy atom. The molecule has 6 heteroatoms. The molecule has 0 unspecified atom stereocenters. The molecule has 1 saturated heterocycles. The number of hydrogen-bond donors (Lipinski definition) is 2. The minimum atomic E-state index is -0.769. The average Bonchev–Trinajstić information content (AvgIpc) is 3.16. The number of rotatable bonds is 6. The molecule has 0 spiro atoms. The maximum atomic E-state index is 12.5. The van der Waals surface area contributed by atoms with Gasteiger partial charge in [-0.1, -0.05) is 30.3 Å². The van der Waals surface area contributed by atoms with Gasteiger partial charge in [0, 0.05) is 31.5 Å². The van der Waals surface area contributed by atoms with Crippen molar-refractivity contribution in [2.24, 2.45) is 11.8 Å². The summed E-state index contributed by atoms with van der Waals surface area (Å²) >= 11 is 0. The molecule has 0 radical (unpaired) electrons. The number of aryl methyl sites for hydroxylation is 1. The number of carbonyl (C=O) groups is 3. The summed E-state index contributed by atoms with van der Waals surface area (Å²) in [6, 6.07) is 9.96. The Labute approximate surface area is 159 Å². The first-order valence-electron chi connectivity index (χ1n) is 9.88. The molecule has 0 aromatic heterocycles. The lowest BCUT2D eigenvalue weighted by Gasteiger charge is -2.32. The highest BCUT2D eigenvalue weighted by molar-refractivity contribution is 5.80. The first kappa shape index (κ1) is 19.4. The number of aliphatic carboxylic acids is 1. The maximum absolute atomic E-state index is 12.5. The Morgan fingerprint density at radius 2 is 1.70 bits per heavy atom. The van der Waals surface area contributed by atoms with E-state index in [9.17, 15) is 14.4 Å². The second-order valence-electron chi connectivity index (χ2n) is 7.69. The lowest BCUT2D eigenvalue weighted by molar-refractivity contribution is -0.141. The molecule has 1 aromatic carbocycles. The summed E-state index contributed by atoms with van der Waals surface area (Å²) in [6.45, 7) is 1.24. The third kappa shape index (κ3) is 5.31. The van der Waals surface area contributed by atoms with Gasteiger partial charge in [0.05, 0.1) is 5.92 Å². The van der Waals surface area contributed by atoms with Crippen molar-refractivity contribution in [2.75, 3.05) is 13.1 Å². The minimum Gasteiger partial charge on any atom is -0.481 e. The fraction of sp³-hybridized carbons (Fsp3) is 0.571. The predicted octanol–water partition coefficient (Wildman–Crippen LogP) is 2.23. The molecule has 3 rings (SSSR count). The van der Waals surface area contributed by atoms with Crippen LogP contribution in [0.4, 0.5) is 0 Å². The molecule has 2 aliphatic rings. The van der Waals surface area contributed by atoms with Crippen molar-refractivity contribution in [3.05, 3.63) is 35.9 Å². The molecule has 27 heavy (non-hydrogen) atoms. The van der Waals surface area contributed by atoms with Crippen LogP contribution in [-0.2, 0) is 20.8 Å². The van der Waals surface area contributed by atoms with Crippen LogP contribution in [-0.4, -0.2) is 46.9 Å². The van der Waals surface area contributed by atoms with Gasteiger partial charge in [-0.05, 0) is 44.1 Å². The topological polar surface area (TPSA) is 86.7 Å². The molecule has 6 nitrogen and oxygen atoms in total. The van der Waals surface area contributed by atoms with Crippen LogP contribution >= 0.6 is 0 Å². The van der Waals surface area contributed by atoms with Gasteiger partial charge in [-0.25, -0.2) is 0 Å². The van der Waals surface area contributed by atoms with Crippen molar-refractivity contribution in [3.63, 3.8) is 0 Å². The molecular weight excluding hydrogens is 344 g/mol. The lowest BCUT2D eigenvalue weighted by Crippen LogP contribution is -2.45. The van der Waals surface area contributed by atoms with E-state index in [1.54, 1.807) is 0 Å². The molecule has 2 fully saturated rings. The highest BCUT2D eigenvalue weighted by Crippen LogP contribution is 2.27. The average molecular weight is 372 g/mol. The van der Waals surface area contributed by atoms with Crippen LogP contribution in [0.15, 0.2) is 30.3 Å². The van der Waals surface area contributed by atoms with Crippen LogP contribution in [0.5, 0.6) is 0 Å². The van der Waals surface area contributed by atoms with Gasteiger partial charge in [0.25, 0.3) is 0 Å². The molecule has 1 saturated carbocycles. The highest BCUT2D eigenvalue weighted by atomic mass is 16.4. The second-order valence-corrected chi connectivity index (χ2v) is 7.69. The van der Waals surface area contributed by atoms with E-state index in [-0.39, 0.29) is 29.7 Å². The van der Waals surface area contributed by atoms with Crippen LogP contribution in [0.2, 0.25) is 0 Å². The van der Waals surface area contributed by atoms with Crippen LogP contribution in [0.25, 0.3) is 0 Å². The molecule has 1 aliphatic carbocycles. The van der Waals surface area contributed by atoms with E-state index in [2.05, 4.69) is 5.32 Å². The Morgan fingerprint density at radius 3 is 2.33 bits per heavy atom. The predicted molar refractivity (Wildman–Crippen MR) is 101 cm³/mol. The highest BCUT2D eigenvalue weighted by Gasteiger charge is 2.33. The largest absolute Gasteiger partial charge is 0.481 e. The van der Waals surface area contributed by atoms with Gasteiger partial charge in [-0.2, -0.15) is 0 Å². The Bertz CT molecular complexity index is 668. The van der Waals surface area contributed by atoms with E-state index < -0.39 is 5.97 Å². The standard InChI is InChI=1S/C21H28N2O4/c24-19(9-6-15-4-2-1-3-5-15)23-12-10-16(11-13-23)20(25)22-18-8-7-17(14-18)21(26)27/h1-5,16-18H,6-14H2,(H,22,25)(H,26,27)/t17-,18+/m0/s1. The van der Waals surface area contributed by atoms with Crippen molar-refractivity contribution in [3.8, 4) is 0 Å². The number of piperidine rings is 1. The number of carbonyl (C=O) groups excluding carboxylic acids is 2. The maximum Gasteiger partial charge on any atom is 0.306 e. The first-order chi connectivity index (χ1) is 13.0. The SMILES string of the molecule is O=C(N[C@@H]1CC[C@H](C(=O)O)C1)C1CCN(C(=O)CCc2ccccc2)CC1. The van der Waals surface area contributed by atoms with Crippen molar-refractivity contribution in [1.82, 2.24) is 10.2 Å². The number of carboxylic acids is 1. The molecule has 1 aliphatic heterocycles. The van der Waals surface area contributed by atoms with Gasteiger partial charge in [0.15, 0.2) is 0 Å². The van der Waals surface area contributed by atoms with Gasteiger partial charge in [-0.15, -0.1) is 0 Å². The fourth-order valence-electron chi connectivity index (χ4n) is 4.10. The summed E-state index contributed by atoms with van der Waals surface area (Å²) in [6.07, 6.45) is 4.49. The molecular formula is C21H28N2O4. The number of likely N-dealkylation sites (tertiary alicyclic amines) is 1. The fourth-order valence-corrected chi connectivity index (χ4v) is 4.10. The molecule has 1 aromatic rings.